The lowest BCUT2D eigenvalue weighted by Crippen LogP contribution is -2.17. The van der Waals surface area contributed by atoms with Crippen molar-refractivity contribution in [3.05, 3.63) is 48.3 Å². The molecule has 3 heterocycles. The van der Waals surface area contributed by atoms with Gasteiger partial charge in [-0.25, -0.2) is 14.6 Å². The van der Waals surface area contributed by atoms with Crippen LogP contribution >= 0.6 is 0 Å². The topological polar surface area (TPSA) is 91.6 Å². The quantitative estimate of drug-likeness (QED) is 0.789. The summed E-state index contributed by atoms with van der Waals surface area (Å²) in [6.07, 6.45) is -0.909. The van der Waals surface area contributed by atoms with Crippen molar-refractivity contribution in [2.45, 2.75) is 6.18 Å². The molecule has 0 spiro atoms. The summed E-state index contributed by atoms with van der Waals surface area (Å²) in [5.41, 5.74) is 3.89. The normalized spacial score (nSPS) is 11.7. The van der Waals surface area contributed by atoms with Gasteiger partial charge in [0.2, 0.25) is 0 Å². The molecule has 7 nitrogen and oxygen atoms in total. The van der Waals surface area contributed by atoms with E-state index in [0.717, 1.165) is 10.9 Å². The van der Waals surface area contributed by atoms with Crippen LogP contribution in [0.3, 0.4) is 0 Å². The van der Waals surface area contributed by atoms with Crippen molar-refractivity contribution in [1.82, 2.24) is 24.3 Å². The largest absolute Gasteiger partial charge is 0.435 e. The molecule has 0 aromatic carbocycles. The van der Waals surface area contributed by atoms with Crippen molar-refractivity contribution < 1.29 is 18.0 Å². The van der Waals surface area contributed by atoms with E-state index < -0.39 is 17.8 Å². The minimum atomic E-state index is -4.69. The zero-order valence-corrected chi connectivity index (χ0v) is 12.3. The molecular formula is C14H11F3N6O. The molecule has 0 radical (unpaired) electrons. The van der Waals surface area contributed by atoms with Crippen LogP contribution in [0, 0.1) is 0 Å². The van der Waals surface area contributed by atoms with E-state index in [-0.39, 0.29) is 22.9 Å². The van der Waals surface area contributed by atoms with E-state index in [1.165, 1.54) is 30.1 Å². The molecule has 3 aromatic rings. The third-order valence-electron chi connectivity index (χ3n) is 3.35. The van der Waals surface area contributed by atoms with E-state index in [9.17, 15) is 18.0 Å². The minimum Gasteiger partial charge on any atom is -0.363 e. The summed E-state index contributed by atoms with van der Waals surface area (Å²) in [5.74, 6) is -0.760. The first-order chi connectivity index (χ1) is 11.3. The van der Waals surface area contributed by atoms with Crippen molar-refractivity contribution in [2.24, 2.45) is 12.8 Å². The maximum absolute atomic E-state index is 13.3. The zero-order chi connectivity index (χ0) is 17.5. The number of pyridine rings is 1. The van der Waals surface area contributed by atoms with Crippen molar-refractivity contribution >= 4 is 5.91 Å². The molecule has 24 heavy (non-hydrogen) atoms. The Morgan fingerprint density at radius 2 is 2.00 bits per heavy atom. The maximum Gasteiger partial charge on any atom is 0.435 e. The number of nitrogens with two attached hydrogens (primary N) is 1. The summed E-state index contributed by atoms with van der Waals surface area (Å²) in [5, 5.41) is 3.60. The lowest BCUT2D eigenvalue weighted by atomic mass is 10.2. The van der Waals surface area contributed by atoms with Crippen LogP contribution in [0.25, 0.3) is 17.1 Å². The van der Waals surface area contributed by atoms with Crippen LogP contribution in [0.4, 0.5) is 13.2 Å². The minimum absolute atomic E-state index is 0.0679. The number of carbonyl (C=O) groups is 1. The van der Waals surface area contributed by atoms with Crippen LogP contribution in [0.2, 0.25) is 0 Å². The van der Waals surface area contributed by atoms with Crippen LogP contribution in [0.1, 0.15) is 16.3 Å². The number of halogens is 3. The molecule has 0 saturated heterocycles. The van der Waals surface area contributed by atoms with Crippen LogP contribution in [-0.4, -0.2) is 30.2 Å². The van der Waals surface area contributed by atoms with Crippen LogP contribution in [-0.2, 0) is 13.2 Å². The monoisotopic (exact) mass is 336 g/mol. The van der Waals surface area contributed by atoms with Crippen molar-refractivity contribution in [1.29, 1.82) is 0 Å². The Morgan fingerprint density at radius 1 is 1.25 bits per heavy atom. The predicted octanol–water partition coefficient (Wildman–Crippen LogP) is 1.79. The second-order valence-corrected chi connectivity index (χ2v) is 4.91. The summed E-state index contributed by atoms with van der Waals surface area (Å²) in [6, 6.07) is 4.79. The van der Waals surface area contributed by atoms with Crippen LogP contribution in [0.15, 0.2) is 36.8 Å². The van der Waals surface area contributed by atoms with E-state index in [1.54, 1.807) is 12.1 Å². The molecule has 0 aliphatic carbocycles. The molecule has 0 atom stereocenters. The summed E-state index contributed by atoms with van der Waals surface area (Å²) in [7, 11) is 1.40. The van der Waals surface area contributed by atoms with Gasteiger partial charge in [-0.05, 0) is 12.1 Å². The van der Waals surface area contributed by atoms with Gasteiger partial charge in [0, 0.05) is 19.4 Å². The van der Waals surface area contributed by atoms with Crippen LogP contribution < -0.4 is 5.73 Å². The molecule has 0 aliphatic rings. The number of amides is 1. The molecule has 0 bridgehead atoms. The van der Waals surface area contributed by atoms with E-state index >= 15 is 0 Å². The Morgan fingerprint density at radius 3 is 2.54 bits per heavy atom. The first kappa shape index (κ1) is 15.7. The first-order valence-corrected chi connectivity index (χ1v) is 6.69. The number of hydrogen-bond donors (Lipinski definition) is 1. The number of imidazole rings is 1. The van der Waals surface area contributed by atoms with Gasteiger partial charge in [-0.1, -0.05) is 6.07 Å². The molecule has 2 N–H and O–H groups in total. The summed E-state index contributed by atoms with van der Waals surface area (Å²) in [6.45, 7) is 0. The van der Waals surface area contributed by atoms with Gasteiger partial charge >= 0.3 is 6.18 Å². The summed E-state index contributed by atoms with van der Waals surface area (Å²) < 4.78 is 42.2. The molecule has 1 amide bonds. The van der Waals surface area contributed by atoms with E-state index in [2.05, 4.69) is 15.1 Å². The maximum atomic E-state index is 13.3. The lowest BCUT2D eigenvalue weighted by Gasteiger charge is -2.07. The molecule has 0 unspecified atom stereocenters. The number of primary amides is 1. The van der Waals surface area contributed by atoms with Gasteiger partial charge in [0.1, 0.15) is 0 Å². The third kappa shape index (κ3) is 2.62. The van der Waals surface area contributed by atoms with Crippen molar-refractivity contribution in [2.75, 3.05) is 0 Å². The smallest absolute Gasteiger partial charge is 0.363 e. The van der Waals surface area contributed by atoms with Gasteiger partial charge in [0.25, 0.3) is 5.91 Å². The Labute approximate surface area is 133 Å². The molecule has 0 fully saturated rings. The first-order valence-electron chi connectivity index (χ1n) is 6.69. The molecule has 10 heteroatoms. The Balaban J connectivity index is 2.20. The lowest BCUT2D eigenvalue weighted by molar-refractivity contribution is -0.140. The highest BCUT2D eigenvalue weighted by atomic mass is 19.4. The van der Waals surface area contributed by atoms with E-state index in [0.29, 0.717) is 0 Å². The van der Waals surface area contributed by atoms with Gasteiger partial charge < -0.3 is 10.3 Å². The van der Waals surface area contributed by atoms with Gasteiger partial charge in [0.15, 0.2) is 17.3 Å². The van der Waals surface area contributed by atoms with Gasteiger partial charge in [-0.15, -0.1) is 0 Å². The SMILES string of the molecule is Cn1c(-c2cn(-c3ccccn3)nc2C(F)(F)F)cnc1C(N)=O. The average molecular weight is 336 g/mol. The number of aromatic nitrogens is 5. The fourth-order valence-corrected chi connectivity index (χ4v) is 2.27. The van der Waals surface area contributed by atoms with Gasteiger partial charge in [-0.2, -0.15) is 18.3 Å². The second kappa shape index (κ2) is 5.48. The number of nitrogens with zero attached hydrogens (tertiary/aromatic N) is 5. The summed E-state index contributed by atoms with van der Waals surface area (Å²) in [4.78, 5) is 19.0. The number of rotatable bonds is 3. The van der Waals surface area contributed by atoms with Gasteiger partial charge in [-0.3, -0.25) is 4.79 Å². The molecule has 0 aliphatic heterocycles. The Bertz CT molecular complexity index is 897. The molecule has 124 valence electrons. The second-order valence-electron chi connectivity index (χ2n) is 4.91. The van der Waals surface area contributed by atoms with Gasteiger partial charge in [0.05, 0.1) is 17.5 Å². The van der Waals surface area contributed by atoms with Crippen molar-refractivity contribution in [3.63, 3.8) is 0 Å². The fourth-order valence-electron chi connectivity index (χ4n) is 2.27. The highest BCUT2D eigenvalue weighted by Crippen LogP contribution is 2.36. The number of alkyl halides is 3. The zero-order valence-electron chi connectivity index (χ0n) is 12.3. The highest BCUT2D eigenvalue weighted by molar-refractivity contribution is 5.90. The molecule has 3 rings (SSSR count). The predicted molar refractivity (Wildman–Crippen MR) is 77.1 cm³/mol. The van der Waals surface area contributed by atoms with Crippen LogP contribution in [0.5, 0.6) is 0 Å². The average Bonchev–Trinajstić information content (AvgIpc) is 3.11. The standard InChI is InChI=1S/C14H11F3N6O/c1-22-9(6-20-13(22)12(18)24)8-7-23(10-4-2-3-5-19-10)21-11(8)14(15,16)17/h2-7H,1H3,(H2,18,24). The fraction of sp³-hybridized carbons (Fsp3) is 0.143. The van der Waals surface area contributed by atoms with E-state index in [1.807, 2.05) is 0 Å². The number of hydrogen-bond acceptors (Lipinski definition) is 4. The van der Waals surface area contributed by atoms with Crippen molar-refractivity contribution in [3.8, 4) is 17.1 Å². The Hall–Kier alpha value is -3.17. The molecular weight excluding hydrogens is 325 g/mol. The summed E-state index contributed by atoms with van der Waals surface area (Å²) >= 11 is 0. The molecule has 3 aromatic heterocycles. The molecule has 0 saturated carbocycles. The van der Waals surface area contributed by atoms with E-state index in [4.69, 9.17) is 5.73 Å². The Kier molecular flexibility index (Phi) is 3.59. The third-order valence-corrected chi connectivity index (χ3v) is 3.35. The number of carbonyl (C=O) groups excluding carboxylic acids is 1. The highest BCUT2D eigenvalue weighted by Gasteiger charge is 2.38.